The first kappa shape index (κ1) is 8.88. The molecule has 0 aromatic heterocycles. The standard InChI is InChI=1S/C6H15NO2/c1-3-6(4-8)7-5(2)9/h5-9H,3-4H2,1-2H3/t5-,6?/m0/s1. The van der Waals surface area contributed by atoms with Crippen LogP contribution in [-0.4, -0.2) is 29.1 Å². The number of hydrogen-bond acceptors (Lipinski definition) is 3. The Morgan fingerprint density at radius 3 is 2.22 bits per heavy atom. The van der Waals surface area contributed by atoms with Crippen LogP contribution in [-0.2, 0) is 0 Å². The highest BCUT2D eigenvalue weighted by atomic mass is 16.3. The third kappa shape index (κ3) is 4.39. The van der Waals surface area contributed by atoms with E-state index in [4.69, 9.17) is 10.2 Å². The molecule has 3 heteroatoms. The van der Waals surface area contributed by atoms with E-state index >= 15 is 0 Å². The second-order valence-corrected chi connectivity index (χ2v) is 2.13. The van der Waals surface area contributed by atoms with Crippen molar-refractivity contribution >= 4 is 0 Å². The lowest BCUT2D eigenvalue weighted by atomic mass is 10.2. The van der Waals surface area contributed by atoms with Crippen LogP contribution in [0.25, 0.3) is 0 Å². The lowest BCUT2D eigenvalue weighted by Gasteiger charge is -2.15. The van der Waals surface area contributed by atoms with Crippen molar-refractivity contribution in [2.45, 2.75) is 32.5 Å². The molecule has 1 unspecified atom stereocenters. The summed E-state index contributed by atoms with van der Waals surface area (Å²) in [7, 11) is 0. The minimum absolute atomic E-state index is 0.0324. The fourth-order valence-electron chi connectivity index (χ4n) is 0.641. The van der Waals surface area contributed by atoms with E-state index < -0.39 is 6.23 Å². The molecule has 0 saturated heterocycles. The quantitative estimate of drug-likeness (QED) is 0.461. The van der Waals surface area contributed by atoms with Gasteiger partial charge in [0.15, 0.2) is 0 Å². The lowest BCUT2D eigenvalue weighted by molar-refractivity contribution is 0.117. The molecule has 56 valence electrons. The maximum absolute atomic E-state index is 8.76. The Morgan fingerprint density at radius 1 is 1.56 bits per heavy atom. The molecule has 0 spiro atoms. The van der Waals surface area contributed by atoms with Gasteiger partial charge in [-0.05, 0) is 13.3 Å². The van der Waals surface area contributed by atoms with Crippen LogP contribution in [0, 0.1) is 0 Å². The number of rotatable bonds is 4. The minimum atomic E-state index is -0.526. The zero-order chi connectivity index (χ0) is 7.28. The summed E-state index contributed by atoms with van der Waals surface area (Å²) in [5, 5.41) is 20.1. The van der Waals surface area contributed by atoms with E-state index in [1.165, 1.54) is 0 Å². The van der Waals surface area contributed by atoms with Crippen molar-refractivity contribution in [1.29, 1.82) is 0 Å². The monoisotopic (exact) mass is 133 g/mol. The minimum Gasteiger partial charge on any atom is -0.395 e. The summed E-state index contributed by atoms with van der Waals surface area (Å²) in [4.78, 5) is 0. The third-order valence-corrected chi connectivity index (χ3v) is 1.19. The molecular weight excluding hydrogens is 118 g/mol. The van der Waals surface area contributed by atoms with E-state index in [-0.39, 0.29) is 12.6 Å². The lowest BCUT2D eigenvalue weighted by Crippen LogP contribution is -2.38. The number of aliphatic hydroxyl groups excluding tert-OH is 2. The zero-order valence-corrected chi connectivity index (χ0v) is 5.96. The van der Waals surface area contributed by atoms with Crippen LogP contribution in [0.1, 0.15) is 20.3 Å². The summed E-state index contributed by atoms with van der Waals surface area (Å²) in [6.07, 6.45) is 0.309. The Bertz CT molecular complexity index is 62.1. The Balaban J connectivity index is 3.31. The van der Waals surface area contributed by atoms with Gasteiger partial charge in [0.25, 0.3) is 0 Å². The molecule has 0 fully saturated rings. The Kier molecular flexibility index (Phi) is 4.67. The molecule has 0 rings (SSSR count). The van der Waals surface area contributed by atoms with Crippen molar-refractivity contribution in [3.8, 4) is 0 Å². The Labute approximate surface area is 55.7 Å². The van der Waals surface area contributed by atoms with Gasteiger partial charge in [-0.25, -0.2) is 0 Å². The van der Waals surface area contributed by atoms with E-state index in [2.05, 4.69) is 5.32 Å². The second-order valence-electron chi connectivity index (χ2n) is 2.13. The second kappa shape index (κ2) is 4.73. The van der Waals surface area contributed by atoms with Crippen LogP contribution in [0.5, 0.6) is 0 Å². The molecule has 0 aromatic carbocycles. The zero-order valence-electron chi connectivity index (χ0n) is 5.96. The van der Waals surface area contributed by atoms with Crippen LogP contribution >= 0.6 is 0 Å². The van der Waals surface area contributed by atoms with Gasteiger partial charge >= 0.3 is 0 Å². The van der Waals surface area contributed by atoms with Gasteiger partial charge in [-0.15, -0.1) is 0 Å². The first-order valence-electron chi connectivity index (χ1n) is 3.25. The van der Waals surface area contributed by atoms with Crippen molar-refractivity contribution in [2.24, 2.45) is 0 Å². The summed E-state index contributed by atoms with van der Waals surface area (Å²) < 4.78 is 0. The molecular formula is C6H15NO2. The van der Waals surface area contributed by atoms with Crippen LogP contribution in [0.15, 0.2) is 0 Å². The number of aliphatic hydroxyl groups is 2. The fourth-order valence-corrected chi connectivity index (χ4v) is 0.641. The first-order valence-corrected chi connectivity index (χ1v) is 3.25. The molecule has 0 aliphatic heterocycles. The van der Waals surface area contributed by atoms with E-state index in [9.17, 15) is 0 Å². The predicted octanol–water partition coefficient (Wildman–Crippen LogP) is -0.315. The molecule has 2 atom stereocenters. The van der Waals surface area contributed by atoms with E-state index in [1.807, 2.05) is 6.92 Å². The molecule has 3 nitrogen and oxygen atoms in total. The molecule has 9 heavy (non-hydrogen) atoms. The molecule has 0 amide bonds. The average Bonchev–Trinajstić information content (AvgIpc) is 1.82. The largest absolute Gasteiger partial charge is 0.395 e. The molecule has 3 N–H and O–H groups in total. The van der Waals surface area contributed by atoms with Crippen molar-refractivity contribution in [2.75, 3.05) is 6.61 Å². The molecule has 0 aliphatic carbocycles. The molecule has 0 aliphatic rings. The number of nitrogens with one attached hydrogen (secondary N) is 1. The predicted molar refractivity (Wildman–Crippen MR) is 36.0 cm³/mol. The highest BCUT2D eigenvalue weighted by Crippen LogP contribution is 1.89. The van der Waals surface area contributed by atoms with Gasteiger partial charge in [-0.1, -0.05) is 6.92 Å². The smallest absolute Gasteiger partial charge is 0.102 e. The Morgan fingerprint density at radius 2 is 2.11 bits per heavy atom. The summed E-state index contributed by atoms with van der Waals surface area (Å²) in [6.45, 7) is 3.68. The first-order chi connectivity index (χ1) is 4.20. The van der Waals surface area contributed by atoms with Crippen molar-refractivity contribution in [1.82, 2.24) is 5.32 Å². The van der Waals surface area contributed by atoms with Gasteiger partial charge in [0, 0.05) is 6.04 Å². The van der Waals surface area contributed by atoms with E-state index in [0.29, 0.717) is 0 Å². The van der Waals surface area contributed by atoms with Crippen LogP contribution in [0.2, 0.25) is 0 Å². The fraction of sp³-hybridized carbons (Fsp3) is 1.00. The van der Waals surface area contributed by atoms with Gasteiger partial charge in [0.2, 0.25) is 0 Å². The molecule has 0 bridgehead atoms. The van der Waals surface area contributed by atoms with Gasteiger partial charge in [-0.2, -0.15) is 0 Å². The summed E-state index contributed by atoms with van der Waals surface area (Å²) in [5.74, 6) is 0. The number of hydrogen-bond donors (Lipinski definition) is 3. The molecule has 0 aromatic rings. The SMILES string of the molecule is CCC(CO)N[C@H](C)O. The maximum atomic E-state index is 8.76. The van der Waals surface area contributed by atoms with E-state index in [0.717, 1.165) is 6.42 Å². The summed E-state index contributed by atoms with van der Waals surface area (Å²) in [5.41, 5.74) is 0. The van der Waals surface area contributed by atoms with Crippen molar-refractivity contribution < 1.29 is 10.2 Å². The normalized spacial score (nSPS) is 17.3. The summed E-state index contributed by atoms with van der Waals surface area (Å²) in [6, 6.07) is 0.0324. The molecule has 0 saturated carbocycles. The topological polar surface area (TPSA) is 52.5 Å². The molecule has 0 radical (unpaired) electrons. The van der Waals surface area contributed by atoms with Gasteiger partial charge < -0.3 is 10.2 Å². The maximum Gasteiger partial charge on any atom is 0.102 e. The highest BCUT2D eigenvalue weighted by molar-refractivity contribution is 4.61. The van der Waals surface area contributed by atoms with Crippen LogP contribution in [0.3, 0.4) is 0 Å². The third-order valence-electron chi connectivity index (χ3n) is 1.19. The van der Waals surface area contributed by atoms with Gasteiger partial charge in [-0.3, -0.25) is 5.32 Å². The van der Waals surface area contributed by atoms with Crippen LogP contribution < -0.4 is 5.32 Å². The average molecular weight is 133 g/mol. The van der Waals surface area contributed by atoms with Crippen LogP contribution in [0.4, 0.5) is 0 Å². The highest BCUT2D eigenvalue weighted by Gasteiger charge is 2.04. The molecule has 0 heterocycles. The van der Waals surface area contributed by atoms with E-state index in [1.54, 1.807) is 6.92 Å². The van der Waals surface area contributed by atoms with Gasteiger partial charge in [0.1, 0.15) is 6.23 Å². The Hall–Kier alpha value is -0.120. The van der Waals surface area contributed by atoms with Crippen molar-refractivity contribution in [3.63, 3.8) is 0 Å². The van der Waals surface area contributed by atoms with Crippen molar-refractivity contribution in [3.05, 3.63) is 0 Å². The summed E-state index contributed by atoms with van der Waals surface area (Å²) >= 11 is 0. The van der Waals surface area contributed by atoms with Gasteiger partial charge in [0.05, 0.1) is 6.61 Å².